The summed E-state index contributed by atoms with van der Waals surface area (Å²) in [6, 6.07) is 7.89. The lowest BCUT2D eigenvalue weighted by Gasteiger charge is -2.13. The molecule has 0 spiro atoms. The summed E-state index contributed by atoms with van der Waals surface area (Å²) in [6.07, 6.45) is 0. The fourth-order valence-corrected chi connectivity index (χ4v) is 2.04. The van der Waals surface area contributed by atoms with Crippen LogP contribution in [0, 0.1) is 3.57 Å². The number of rotatable bonds is 5. The van der Waals surface area contributed by atoms with Gasteiger partial charge in [0, 0.05) is 16.2 Å². The predicted octanol–water partition coefficient (Wildman–Crippen LogP) is 2.02. The van der Waals surface area contributed by atoms with Crippen molar-refractivity contribution in [3.8, 4) is 0 Å². The van der Waals surface area contributed by atoms with Gasteiger partial charge < -0.3 is 10.6 Å². The van der Waals surface area contributed by atoms with Crippen LogP contribution in [0.2, 0.25) is 0 Å². The van der Waals surface area contributed by atoms with Crippen molar-refractivity contribution in [3.05, 3.63) is 33.4 Å². The Morgan fingerprint density at radius 2 is 2.12 bits per heavy atom. The zero-order valence-corrected chi connectivity index (χ0v) is 11.7. The van der Waals surface area contributed by atoms with Crippen molar-refractivity contribution in [2.75, 3.05) is 13.1 Å². The Morgan fingerprint density at radius 3 is 2.75 bits per heavy atom. The number of carbonyl (C=O) groups excluding carboxylic acids is 1. The number of likely N-dealkylation sites (N-methyl/N-ethyl adjacent to an activating group) is 1. The zero-order valence-electron chi connectivity index (χ0n) is 9.59. The van der Waals surface area contributed by atoms with Crippen molar-refractivity contribution in [1.29, 1.82) is 0 Å². The van der Waals surface area contributed by atoms with Gasteiger partial charge in [-0.25, -0.2) is 0 Å². The topological polar surface area (TPSA) is 41.1 Å². The lowest BCUT2D eigenvalue weighted by atomic mass is 10.2. The van der Waals surface area contributed by atoms with E-state index in [1.807, 2.05) is 24.3 Å². The van der Waals surface area contributed by atoms with E-state index in [-0.39, 0.29) is 5.91 Å². The van der Waals surface area contributed by atoms with E-state index in [9.17, 15) is 4.79 Å². The lowest BCUT2D eigenvalue weighted by molar-refractivity contribution is 0.0949. The summed E-state index contributed by atoms with van der Waals surface area (Å²) in [5, 5.41) is 6.17. The quantitative estimate of drug-likeness (QED) is 0.810. The SMILES string of the molecule is CCN[C@H](C)CNC(=O)c1ccccc1I. The second kappa shape index (κ2) is 6.85. The van der Waals surface area contributed by atoms with E-state index in [1.54, 1.807) is 0 Å². The average molecular weight is 332 g/mol. The summed E-state index contributed by atoms with van der Waals surface area (Å²) in [7, 11) is 0. The van der Waals surface area contributed by atoms with Gasteiger partial charge in [0.2, 0.25) is 0 Å². The van der Waals surface area contributed by atoms with E-state index in [1.165, 1.54) is 0 Å². The van der Waals surface area contributed by atoms with Gasteiger partial charge in [0.15, 0.2) is 0 Å². The van der Waals surface area contributed by atoms with E-state index in [0.717, 1.165) is 15.7 Å². The van der Waals surface area contributed by atoms with Gasteiger partial charge in [-0.1, -0.05) is 19.1 Å². The standard InChI is InChI=1S/C12H17IN2O/c1-3-14-9(2)8-15-12(16)10-6-4-5-7-11(10)13/h4-7,9,14H,3,8H2,1-2H3,(H,15,16)/t9-/m1/s1. The number of carbonyl (C=O) groups is 1. The molecule has 0 unspecified atom stereocenters. The summed E-state index contributed by atoms with van der Waals surface area (Å²) in [5.41, 5.74) is 0.742. The van der Waals surface area contributed by atoms with Crippen molar-refractivity contribution >= 4 is 28.5 Å². The van der Waals surface area contributed by atoms with Gasteiger partial charge in [0.1, 0.15) is 0 Å². The van der Waals surface area contributed by atoms with Crippen molar-refractivity contribution in [2.45, 2.75) is 19.9 Å². The highest BCUT2D eigenvalue weighted by Gasteiger charge is 2.09. The maximum Gasteiger partial charge on any atom is 0.252 e. The highest BCUT2D eigenvalue weighted by molar-refractivity contribution is 14.1. The first-order valence-corrected chi connectivity index (χ1v) is 6.49. The molecule has 0 heterocycles. The van der Waals surface area contributed by atoms with Crippen molar-refractivity contribution in [3.63, 3.8) is 0 Å². The molecule has 0 aliphatic rings. The van der Waals surface area contributed by atoms with Crippen LogP contribution in [0.5, 0.6) is 0 Å². The molecule has 1 aromatic rings. The summed E-state index contributed by atoms with van der Waals surface area (Å²) >= 11 is 2.17. The number of halogens is 1. The maximum atomic E-state index is 11.8. The molecule has 0 aromatic heterocycles. The van der Waals surface area contributed by atoms with Crippen LogP contribution in [0.4, 0.5) is 0 Å². The van der Waals surface area contributed by atoms with Crippen molar-refractivity contribution in [2.24, 2.45) is 0 Å². The molecule has 0 aliphatic carbocycles. The Hall–Kier alpha value is -0.620. The number of hydrogen-bond donors (Lipinski definition) is 2. The highest BCUT2D eigenvalue weighted by atomic mass is 127. The largest absolute Gasteiger partial charge is 0.350 e. The van der Waals surface area contributed by atoms with Gasteiger partial charge in [-0.05, 0) is 48.2 Å². The van der Waals surface area contributed by atoms with Gasteiger partial charge in [-0.2, -0.15) is 0 Å². The number of hydrogen-bond acceptors (Lipinski definition) is 2. The van der Waals surface area contributed by atoms with E-state index in [4.69, 9.17) is 0 Å². The van der Waals surface area contributed by atoms with Gasteiger partial charge in [-0.3, -0.25) is 4.79 Å². The molecule has 0 aliphatic heterocycles. The molecule has 4 heteroatoms. The van der Waals surface area contributed by atoms with Gasteiger partial charge >= 0.3 is 0 Å². The highest BCUT2D eigenvalue weighted by Crippen LogP contribution is 2.10. The molecule has 3 nitrogen and oxygen atoms in total. The molecule has 2 N–H and O–H groups in total. The summed E-state index contributed by atoms with van der Waals surface area (Å²) in [6.45, 7) is 5.68. The van der Waals surface area contributed by atoms with Crippen molar-refractivity contribution in [1.82, 2.24) is 10.6 Å². The molecule has 1 atom stereocenters. The third kappa shape index (κ3) is 4.09. The van der Waals surface area contributed by atoms with Crippen LogP contribution in [0.15, 0.2) is 24.3 Å². The number of nitrogens with one attached hydrogen (secondary N) is 2. The van der Waals surface area contributed by atoms with Gasteiger partial charge in [0.05, 0.1) is 5.56 Å². The Morgan fingerprint density at radius 1 is 1.44 bits per heavy atom. The maximum absolute atomic E-state index is 11.8. The zero-order chi connectivity index (χ0) is 12.0. The van der Waals surface area contributed by atoms with Crippen LogP contribution >= 0.6 is 22.6 Å². The lowest BCUT2D eigenvalue weighted by Crippen LogP contribution is -2.39. The Kier molecular flexibility index (Phi) is 5.76. The summed E-state index contributed by atoms with van der Waals surface area (Å²) < 4.78 is 0.980. The Balaban J connectivity index is 2.50. The fraction of sp³-hybridized carbons (Fsp3) is 0.417. The van der Waals surface area contributed by atoms with Crippen LogP contribution in [0.25, 0.3) is 0 Å². The minimum atomic E-state index is -0.00486. The molecule has 88 valence electrons. The van der Waals surface area contributed by atoms with Crippen LogP contribution in [-0.2, 0) is 0 Å². The third-order valence-corrected chi connectivity index (χ3v) is 3.18. The second-order valence-corrected chi connectivity index (χ2v) is 4.81. The summed E-state index contributed by atoms with van der Waals surface area (Å²) in [5.74, 6) is -0.00486. The Labute approximate surface area is 110 Å². The monoisotopic (exact) mass is 332 g/mol. The molecule has 1 amide bonds. The molecule has 1 aromatic carbocycles. The van der Waals surface area contributed by atoms with E-state index in [0.29, 0.717) is 12.6 Å². The first-order valence-electron chi connectivity index (χ1n) is 5.41. The predicted molar refractivity (Wildman–Crippen MR) is 74.6 cm³/mol. The molecule has 1 rings (SSSR count). The van der Waals surface area contributed by atoms with E-state index in [2.05, 4.69) is 47.1 Å². The first kappa shape index (κ1) is 13.4. The number of benzene rings is 1. The van der Waals surface area contributed by atoms with Crippen LogP contribution in [0.3, 0.4) is 0 Å². The molecule has 0 bridgehead atoms. The molecule has 0 saturated carbocycles. The van der Waals surface area contributed by atoms with Gasteiger partial charge in [0.25, 0.3) is 5.91 Å². The van der Waals surface area contributed by atoms with Crippen LogP contribution in [0.1, 0.15) is 24.2 Å². The van der Waals surface area contributed by atoms with Gasteiger partial charge in [-0.15, -0.1) is 0 Å². The normalized spacial score (nSPS) is 12.2. The molecule has 0 radical (unpaired) electrons. The van der Waals surface area contributed by atoms with E-state index >= 15 is 0 Å². The third-order valence-electron chi connectivity index (χ3n) is 2.24. The minimum Gasteiger partial charge on any atom is -0.350 e. The first-order chi connectivity index (χ1) is 7.65. The minimum absolute atomic E-state index is 0.00486. The fourth-order valence-electron chi connectivity index (χ4n) is 1.41. The smallest absolute Gasteiger partial charge is 0.252 e. The number of amides is 1. The Bertz CT molecular complexity index is 355. The molecule has 0 fully saturated rings. The molecular formula is C12H17IN2O. The second-order valence-electron chi connectivity index (χ2n) is 3.65. The molecular weight excluding hydrogens is 315 g/mol. The molecule has 16 heavy (non-hydrogen) atoms. The average Bonchev–Trinajstić information content (AvgIpc) is 2.27. The van der Waals surface area contributed by atoms with Crippen molar-refractivity contribution < 1.29 is 4.79 Å². The summed E-state index contributed by atoms with van der Waals surface area (Å²) in [4.78, 5) is 11.8. The van der Waals surface area contributed by atoms with E-state index < -0.39 is 0 Å². The molecule has 0 saturated heterocycles. The van der Waals surface area contributed by atoms with Crippen LogP contribution in [-0.4, -0.2) is 25.0 Å². The van der Waals surface area contributed by atoms with Crippen LogP contribution < -0.4 is 10.6 Å².